The van der Waals surface area contributed by atoms with E-state index in [1.807, 2.05) is 19.0 Å². The lowest BCUT2D eigenvalue weighted by Crippen LogP contribution is -2.09. The van der Waals surface area contributed by atoms with Gasteiger partial charge in [-0.25, -0.2) is 4.98 Å². The summed E-state index contributed by atoms with van der Waals surface area (Å²) in [7, 11) is 3.85. The molecule has 0 unspecified atom stereocenters. The number of carbonyl (C=O) groups is 1. The fourth-order valence-corrected chi connectivity index (χ4v) is 0.855. The molecule has 1 heterocycles. The van der Waals surface area contributed by atoms with Gasteiger partial charge in [0, 0.05) is 6.92 Å². The second kappa shape index (κ2) is 3.49. The molecule has 0 aliphatic carbocycles. The maximum atomic E-state index is 10.8. The number of Topliss-reactive ketones (excluding diaryl/α,β-unsaturated/α-hetero) is 1. The van der Waals surface area contributed by atoms with Crippen molar-refractivity contribution in [2.24, 2.45) is 0 Å². The minimum atomic E-state index is -0.139. The van der Waals surface area contributed by atoms with E-state index < -0.39 is 0 Å². The first-order valence-corrected chi connectivity index (χ1v) is 3.70. The van der Waals surface area contributed by atoms with Crippen LogP contribution in [0.2, 0.25) is 0 Å². The highest BCUT2D eigenvalue weighted by Crippen LogP contribution is 2.05. The first-order chi connectivity index (χ1) is 5.59. The Balaban J connectivity index is 2.71. The number of ketones is 1. The molecule has 66 valence electrons. The van der Waals surface area contributed by atoms with Gasteiger partial charge in [-0.05, 0) is 14.1 Å². The zero-order chi connectivity index (χ0) is 9.14. The molecule has 12 heavy (non-hydrogen) atoms. The summed E-state index contributed by atoms with van der Waals surface area (Å²) in [6, 6.07) is 0. The molecule has 0 bridgehead atoms. The summed E-state index contributed by atoms with van der Waals surface area (Å²) < 4.78 is 5.15. The van der Waals surface area contributed by atoms with Crippen LogP contribution in [-0.2, 0) is 6.54 Å². The zero-order valence-corrected chi connectivity index (χ0v) is 7.50. The van der Waals surface area contributed by atoms with Crippen molar-refractivity contribution in [3.05, 3.63) is 17.8 Å². The molecule has 4 nitrogen and oxygen atoms in total. The Morgan fingerprint density at radius 3 is 2.75 bits per heavy atom. The first-order valence-electron chi connectivity index (χ1n) is 3.70. The van der Waals surface area contributed by atoms with Crippen molar-refractivity contribution in [2.45, 2.75) is 13.5 Å². The van der Waals surface area contributed by atoms with Gasteiger partial charge in [0.15, 0.2) is 0 Å². The van der Waals surface area contributed by atoms with Crippen LogP contribution in [0.15, 0.2) is 10.6 Å². The Bertz CT molecular complexity index is 278. The lowest BCUT2D eigenvalue weighted by Gasteiger charge is -2.04. The molecular formula is C8H12N2O2. The highest BCUT2D eigenvalue weighted by Gasteiger charge is 2.07. The molecule has 0 spiro atoms. The summed E-state index contributed by atoms with van der Waals surface area (Å²) in [5, 5.41) is 0. The standard InChI is InChI=1S/C8H12N2O2/c1-6(11)8-9-4-7(12-8)5-10(2)3/h4H,5H2,1-3H3. The zero-order valence-electron chi connectivity index (χ0n) is 7.50. The van der Waals surface area contributed by atoms with Crippen molar-refractivity contribution in [1.29, 1.82) is 0 Å². The van der Waals surface area contributed by atoms with Crippen molar-refractivity contribution in [2.75, 3.05) is 14.1 Å². The van der Waals surface area contributed by atoms with Crippen molar-refractivity contribution >= 4 is 5.78 Å². The lowest BCUT2D eigenvalue weighted by molar-refractivity contribution is 0.0977. The number of rotatable bonds is 3. The molecule has 0 saturated heterocycles. The molecule has 0 aliphatic rings. The predicted molar refractivity (Wildman–Crippen MR) is 43.9 cm³/mol. The van der Waals surface area contributed by atoms with E-state index in [9.17, 15) is 4.79 Å². The second-order valence-corrected chi connectivity index (χ2v) is 2.93. The Morgan fingerprint density at radius 2 is 2.33 bits per heavy atom. The molecule has 0 saturated carbocycles. The van der Waals surface area contributed by atoms with Gasteiger partial charge in [-0.15, -0.1) is 0 Å². The molecule has 1 rings (SSSR count). The van der Waals surface area contributed by atoms with Crippen LogP contribution in [-0.4, -0.2) is 29.8 Å². The molecule has 0 aromatic carbocycles. The van der Waals surface area contributed by atoms with E-state index in [1.54, 1.807) is 6.20 Å². The molecule has 0 atom stereocenters. The van der Waals surface area contributed by atoms with Crippen LogP contribution < -0.4 is 0 Å². The van der Waals surface area contributed by atoms with E-state index in [2.05, 4.69) is 4.98 Å². The van der Waals surface area contributed by atoms with Crippen molar-refractivity contribution in [3.8, 4) is 0 Å². The maximum absolute atomic E-state index is 10.8. The van der Waals surface area contributed by atoms with Gasteiger partial charge in [0.1, 0.15) is 5.76 Å². The maximum Gasteiger partial charge on any atom is 0.263 e. The van der Waals surface area contributed by atoms with Gasteiger partial charge in [0.25, 0.3) is 5.89 Å². The Morgan fingerprint density at radius 1 is 1.67 bits per heavy atom. The topological polar surface area (TPSA) is 46.3 Å². The Labute approximate surface area is 71.2 Å². The normalized spacial score (nSPS) is 10.7. The van der Waals surface area contributed by atoms with E-state index in [1.165, 1.54) is 6.92 Å². The number of aromatic nitrogens is 1. The quantitative estimate of drug-likeness (QED) is 0.630. The number of nitrogens with zero attached hydrogens (tertiary/aromatic N) is 2. The van der Waals surface area contributed by atoms with Gasteiger partial charge in [0.05, 0.1) is 12.7 Å². The van der Waals surface area contributed by atoms with Gasteiger partial charge in [-0.1, -0.05) is 0 Å². The van der Waals surface area contributed by atoms with Crippen LogP contribution in [0.5, 0.6) is 0 Å². The summed E-state index contributed by atoms with van der Waals surface area (Å²) in [5.41, 5.74) is 0. The minimum absolute atomic E-state index is 0.139. The third-order valence-corrected chi connectivity index (χ3v) is 1.33. The van der Waals surface area contributed by atoms with Crippen LogP contribution in [0.4, 0.5) is 0 Å². The van der Waals surface area contributed by atoms with E-state index in [4.69, 9.17) is 4.42 Å². The van der Waals surface area contributed by atoms with Crippen LogP contribution in [0.1, 0.15) is 23.4 Å². The molecule has 0 amide bonds. The number of hydrogen-bond donors (Lipinski definition) is 0. The molecule has 0 fully saturated rings. The largest absolute Gasteiger partial charge is 0.438 e. The summed E-state index contributed by atoms with van der Waals surface area (Å²) >= 11 is 0. The minimum Gasteiger partial charge on any atom is -0.438 e. The van der Waals surface area contributed by atoms with Gasteiger partial charge in [-0.3, -0.25) is 4.79 Å². The predicted octanol–water partition coefficient (Wildman–Crippen LogP) is 0.939. The smallest absolute Gasteiger partial charge is 0.263 e. The average Bonchev–Trinajstić information content (AvgIpc) is 2.34. The fourth-order valence-electron chi connectivity index (χ4n) is 0.855. The number of hydrogen-bond acceptors (Lipinski definition) is 4. The van der Waals surface area contributed by atoms with E-state index in [-0.39, 0.29) is 11.7 Å². The summed E-state index contributed by atoms with van der Waals surface area (Å²) in [5.74, 6) is 0.761. The molecule has 0 aliphatic heterocycles. The van der Waals surface area contributed by atoms with Crippen molar-refractivity contribution in [3.63, 3.8) is 0 Å². The molecule has 1 aromatic heterocycles. The molecule has 0 N–H and O–H groups in total. The van der Waals surface area contributed by atoms with Gasteiger partial charge in [-0.2, -0.15) is 0 Å². The first kappa shape index (κ1) is 8.93. The van der Waals surface area contributed by atoms with E-state index in [0.717, 1.165) is 0 Å². The molecule has 1 aromatic rings. The third kappa shape index (κ3) is 2.17. The van der Waals surface area contributed by atoms with Gasteiger partial charge < -0.3 is 9.32 Å². The summed E-state index contributed by atoms with van der Waals surface area (Å²) in [6.07, 6.45) is 1.58. The van der Waals surface area contributed by atoms with Crippen molar-refractivity contribution < 1.29 is 9.21 Å². The van der Waals surface area contributed by atoms with Crippen LogP contribution in [0.3, 0.4) is 0 Å². The van der Waals surface area contributed by atoms with Gasteiger partial charge in [0.2, 0.25) is 5.78 Å². The number of carbonyl (C=O) groups excluding carboxylic acids is 1. The monoisotopic (exact) mass is 168 g/mol. The van der Waals surface area contributed by atoms with E-state index in [0.29, 0.717) is 12.3 Å². The van der Waals surface area contributed by atoms with Crippen LogP contribution in [0, 0.1) is 0 Å². The number of oxazole rings is 1. The Hall–Kier alpha value is -1.16. The Kier molecular flexibility index (Phi) is 2.60. The molecular weight excluding hydrogens is 156 g/mol. The third-order valence-electron chi connectivity index (χ3n) is 1.33. The highest BCUT2D eigenvalue weighted by molar-refractivity contribution is 5.89. The highest BCUT2D eigenvalue weighted by atomic mass is 16.4. The van der Waals surface area contributed by atoms with Crippen LogP contribution in [0.25, 0.3) is 0 Å². The SMILES string of the molecule is CC(=O)c1ncc(CN(C)C)o1. The molecule has 4 heteroatoms. The summed E-state index contributed by atoms with van der Waals surface area (Å²) in [6.45, 7) is 2.10. The van der Waals surface area contributed by atoms with Crippen molar-refractivity contribution in [1.82, 2.24) is 9.88 Å². The van der Waals surface area contributed by atoms with Crippen LogP contribution >= 0.6 is 0 Å². The fraction of sp³-hybridized carbons (Fsp3) is 0.500. The lowest BCUT2D eigenvalue weighted by atomic mass is 10.5. The van der Waals surface area contributed by atoms with E-state index >= 15 is 0 Å². The van der Waals surface area contributed by atoms with Gasteiger partial charge >= 0.3 is 0 Å². The second-order valence-electron chi connectivity index (χ2n) is 2.93. The molecule has 0 radical (unpaired) electrons. The average molecular weight is 168 g/mol. The summed E-state index contributed by atoms with van der Waals surface area (Å²) in [4.78, 5) is 16.5.